The Bertz CT molecular complexity index is 200. The smallest absolute Gasteiger partial charge is 0.0524 e. The van der Waals surface area contributed by atoms with E-state index in [1.54, 1.807) is 4.68 Å². The lowest BCUT2D eigenvalue weighted by molar-refractivity contribution is 0.767. The third-order valence-electron chi connectivity index (χ3n) is 1.14. The van der Waals surface area contributed by atoms with Crippen molar-refractivity contribution in [3.8, 4) is 0 Å². The molecule has 0 aliphatic heterocycles. The summed E-state index contributed by atoms with van der Waals surface area (Å²) in [5.41, 5.74) is 1.22. The summed E-state index contributed by atoms with van der Waals surface area (Å²) in [6.07, 6.45) is 6.62. The van der Waals surface area contributed by atoms with Crippen LogP contribution in [0, 0.1) is 0 Å². The van der Waals surface area contributed by atoms with E-state index in [9.17, 15) is 0 Å². The van der Waals surface area contributed by atoms with Crippen LogP contribution in [0.5, 0.6) is 0 Å². The van der Waals surface area contributed by atoms with Gasteiger partial charge in [-0.3, -0.25) is 4.68 Å². The summed E-state index contributed by atoms with van der Waals surface area (Å²) >= 11 is 0. The van der Waals surface area contributed by atoms with Crippen molar-refractivity contribution in [3.63, 3.8) is 0 Å². The van der Waals surface area contributed by atoms with E-state index in [-0.39, 0.29) is 0 Å². The van der Waals surface area contributed by atoms with Crippen molar-refractivity contribution in [1.29, 1.82) is 0 Å². The third-order valence-corrected chi connectivity index (χ3v) is 1.14. The van der Waals surface area contributed by atoms with Crippen molar-refractivity contribution >= 4 is 0 Å². The number of hydrogen-bond donors (Lipinski definition) is 0. The molecule has 1 aromatic rings. The molecule has 0 saturated heterocycles. The summed E-state index contributed by atoms with van der Waals surface area (Å²) in [7, 11) is 1.91. The predicted octanol–water partition coefficient (Wildman–Crippen LogP) is 1.15. The van der Waals surface area contributed by atoms with E-state index < -0.39 is 0 Å². The van der Waals surface area contributed by atoms with Crippen LogP contribution in [0.3, 0.4) is 0 Å². The topological polar surface area (TPSA) is 17.8 Å². The molecule has 2 heteroatoms. The predicted molar refractivity (Wildman–Crippen MR) is 37.1 cm³/mol. The van der Waals surface area contributed by atoms with Crippen molar-refractivity contribution in [1.82, 2.24) is 9.78 Å². The summed E-state index contributed by atoms with van der Waals surface area (Å²) in [4.78, 5) is 0. The van der Waals surface area contributed by atoms with E-state index in [2.05, 4.69) is 11.7 Å². The average molecular weight is 122 g/mol. The van der Waals surface area contributed by atoms with Gasteiger partial charge in [-0.1, -0.05) is 6.08 Å². The highest BCUT2D eigenvalue weighted by atomic mass is 15.2. The van der Waals surface area contributed by atoms with Gasteiger partial charge in [-0.05, 0) is 12.0 Å². The average Bonchev–Trinajstić information content (AvgIpc) is 2.17. The highest BCUT2D eigenvalue weighted by Gasteiger charge is 1.89. The molecule has 0 fully saturated rings. The molecule has 0 aromatic carbocycles. The number of allylic oxidation sites excluding steroid dienone is 1. The number of aryl methyl sites for hydroxylation is 1. The fourth-order valence-corrected chi connectivity index (χ4v) is 0.744. The SMILES string of the molecule is C=CCc1cnn(C)c1. The minimum Gasteiger partial charge on any atom is -0.276 e. The third kappa shape index (κ3) is 1.42. The maximum absolute atomic E-state index is 4.00. The van der Waals surface area contributed by atoms with Gasteiger partial charge in [-0.25, -0.2) is 0 Å². The van der Waals surface area contributed by atoms with Crippen molar-refractivity contribution < 1.29 is 0 Å². The van der Waals surface area contributed by atoms with Crippen LogP contribution in [-0.4, -0.2) is 9.78 Å². The van der Waals surface area contributed by atoms with Crippen LogP contribution in [0.2, 0.25) is 0 Å². The molecule has 0 aliphatic carbocycles. The van der Waals surface area contributed by atoms with Crippen LogP contribution in [0.1, 0.15) is 5.56 Å². The molecule has 0 spiro atoms. The maximum atomic E-state index is 4.00. The molecule has 0 unspecified atom stereocenters. The molecule has 0 N–H and O–H groups in total. The minimum atomic E-state index is 0.911. The second kappa shape index (κ2) is 2.49. The first-order valence-electron chi connectivity index (χ1n) is 2.91. The van der Waals surface area contributed by atoms with Gasteiger partial charge >= 0.3 is 0 Å². The molecule has 1 heterocycles. The van der Waals surface area contributed by atoms with Crippen LogP contribution in [-0.2, 0) is 13.5 Å². The lowest BCUT2D eigenvalue weighted by Gasteiger charge is -1.83. The van der Waals surface area contributed by atoms with Gasteiger partial charge in [0.2, 0.25) is 0 Å². The van der Waals surface area contributed by atoms with Crippen molar-refractivity contribution in [2.45, 2.75) is 6.42 Å². The quantitative estimate of drug-likeness (QED) is 0.538. The number of hydrogen-bond acceptors (Lipinski definition) is 1. The molecule has 0 radical (unpaired) electrons. The van der Waals surface area contributed by atoms with E-state index in [0.29, 0.717) is 0 Å². The normalized spacial score (nSPS) is 9.44. The van der Waals surface area contributed by atoms with E-state index in [1.165, 1.54) is 5.56 Å². The summed E-state index contributed by atoms with van der Waals surface area (Å²) in [6, 6.07) is 0. The Hall–Kier alpha value is -1.05. The Labute approximate surface area is 54.8 Å². The summed E-state index contributed by atoms with van der Waals surface area (Å²) in [5.74, 6) is 0. The molecule has 1 aromatic heterocycles. The standard InChI is InChI=1S/C7H10N2/c1-3-4-7-5-8-9(2)6-7/h3,5-6H,1,4H2,2H3. The van der Waals surface area contributed by atoms with Crippen LogP contribution in [0.4, 0.5) is 0 Å². The summed E-state index contributed by atoms with van der Waals surface area (Å²) in [5, 5.41) is 4.00. The fraction of sp³-hybridized carbons (Fsp3) is 0.286. The van der Waals surface area contributed by atoms with Crippen LogP contribution < -0.4 is 0 Å². The highest BCUT2D eigenvalue weighted by molar-refractivity contribution is 5.07. The van der Waals surface area contributed by atoms with Gasteiger partial charge in [0, 0.05) is 13.2 Å². The molecule has 0 bridgehead atoms. The van der Waals surface area contributed by atoms with E-state index in [4.69, 9.17) is 0 Å². The molecule has 48 valence electrons. The minimum absolute atomic E-state index is 0.911. The monoisotopic (exact) mass is 122 g/mol. The molecule has 0 amide bonds. The first-order valence-corrected chi connectivity index (χ1v) is 2.91. The van der Waals surface area contributed by atoms with Gasteiger partial charge in [-0.2, -0.15) is 5.10 Å². The zero-order chi connectivity index (χ0) is 6.69. The number of aromatic nitrogens is 2. The molecule has 9 heavy (non-hydrogen) atoms. The Morgan fingerprint density at radius 2 is 2.67 bits per heavy atom. The highest BCUT2D eigenvalue weighted by Crippen LogP contribution is 1.96. The molecule has 0 atom stereocenters. The largest absolute Gasteiger partial charge is 0.276 e. The van der Waals surface area contributed by atoms with Crippen molar-refractivity contribution in [2.24, 2.45) is 7.05 Å². The van der Waals surface area contributed by atoms with Crippen LogP contribution in [0.15, 0.2) is 25.0 Å². The first kappa shape index (κ1) is 6.08. The number of nitrogens with zero attached hydrogens (tertiary/aromatic N) is 2. The molecule has 2 nitrogen and oxygen atoms in total. The second-order valence-electron chi connectivity index (χ2n) is 2.02. The summed E-state index contributed by atoms with van der Waals surface area (Å²) in [6.45, 7) is 3.63. The van der Waals surface area contributed by atoms with Gasteiger partial charge in [0.15, 0.2) is 0 Å². The van der Waals surface area contributed by atoms with Crippen molar-refractivity contribution in [3.05, 3.63) is 30.6 Å². The van der Waals surface area contributed by atoms with Gasteiger partial charge in [-0.15, -0.1) is 6.58 Å². The maximum Gasteiger partial charge on any atom is 0.0524 e. The lowest BCUT2D eigenvalue weighted by Crippen LogP contribution is -1.84. The Balaban J connectivity index is 2.72. The van der Waals surface area contributed by atoms with E-state index in [1.807, 2.05) is 25.5 Å². The Morgan fingerprint density at radius 1 is 1.89 bits per heavy atom. The van der Waals surface area contributed by atoms with Gasteiger partial charge in [0.05, 0.1) is 6.20 Å². The number of rotatable bonds is 2. The fourth-order valence-electron chi connectivity index (χ4n) is 0.744. The van der Waals surface area contributed by atoms with Gasteiger partial charge in [0.1, 0.15) is 0 Å². The van der Waals surface area contributed by atoms with E-state index >= 15 is 0 Å². The zero-order valence-corrected chi connectivity index (χ0v) is 5.54. The van der Waals surface area contributed by atoms with E-state index in [0.717, 1.165) is 6.42 Å². The lowest BCUT2D eigenvalue weighted by atomic mass is 10.3. The van der Waals surface area contributed by atoms with Gasteiger partial charge in [0.25, 0.3) is 0 Å². The molecular weight excluding hydrogens is 112 g/mol. The van der Waals surface area contributed by atoms with Crippen molar-refractivity contribution in [2.75, 3.05) is 0 Å². The second-order valence-corrected chi connectivity index (χ2v) is 2.02. The molecule has 1 rings (SSSR count). The molecule has 0 aliphatic rings. The molecular formula is C7H10N2. The Kier molecular flexibility index (Phi) is 1.68. The van der Waals surface area contributed by atoms with Crippen LogP contribution >= 0.6 is 0 Å². The zero-order valence-electron chi connectivity index (χ0n) is 5.54. The first-order chi connectivity index (χ1) is 4.33. The van der Waals surface area contributed by atoms with Crippen LogP contribution in [0.25, 0.3) is 0 Å². The molecule has 0 saturated carbocycles. The van der Waals surface area contributed by atoms with Gasteiger partial charge < -0.3 is 0 Å². The summed E-state index contributed by atoms with van der Waals surface area (Å²) < 4.78 is 1.79. The Morgan fingerprint density at radius 3 is 3.11 bits per heavy atom.